The van der Waals surface area contributed by atoms with Gasteiger partial charge in [-0.15, -0.1) is 12.6 Å². The van der Waals surface area contributed by atoms with E-state index >= 15 is 0 Å². The molecule has 0 aliphatic carbocycles. The van der Waals surface area contributed by atoms with Gasteiger partial charge in [0.25, 0.3) is 0 Å². The third-order valence-electron chi connectivity index (χ3n) is 1.99. The van der Waals surface area contributed by atoms with Gasteiger partial charge < -0.3 is 19.0 Å². The molecule has 5 heteroatoms. The zero-order chi connectivity index (χ0) is 11.2. The average molecular weight is 222 g/mol. The Labute approximate surface area is 90.3 Å². The van der Waals surface area contributed by atoms with E-state index in [1.54, 1.807) is 0 Å². The molecule has 0 heterocycles. The van der Waals surface area contributed by atoms with Gasteiger partial charge >= 0.3 is 0 Å². The van der Waals surface area contributed by atoms with Gasteiger partial charge in [0.2, 0.25) is 0 Å². The summed E-state index contributed by atoms with van der Waals surface area (Å²) in [6, 6.07) is 0. The summed E-state index contributed by atoms with van der Waals surface area (Å²) in [5, 5.41) is 0. The molecule has 0 aliphatic heterocycles. The Balaban J connectivity index is 4.35. The molecule has 1 atom stereocenters. The van der Waals surface area contributed by atoms with E-state index in [0.717, 1.165) is 0 Å². The molecule has 0 aromatic rings. The molecule has 0 spiro atoms. The Hall–Kier alpha value is -0.100. The van der Waals surface area contributed by atoms with E-state index in [4.69, 9.17) is 14.2 Å². The van der Waals surface area contributed by atoms with E-state index in [1.165, 1.54) is 28.3 Å². The van der Waals surface area contributed by atoms with Gasteiger partial charge in [-0.3, -0.25) is 0 Å². The molecular weight excluding hydrogens is 204 g/mol. The van der Waals surface area contributed by atoms with Crippen molar-refractivity contribution in [1.29, 1.82) is 0 Å². The second-order valence-corrected chi connectivity index (χ2v) is 3.81. The van der Waals surface area contributed by atoms with Crippen LogP contribution in [0.5, 0.6) is 0 Å². The highest BCUT2D eigenvalue weighted by Crippen LogP contribution is 2.28. The SMILES string of the molecule is COC(OC)C(S)(CCC(C)=O)OC. The first-order valence-electron chi connectivity index (χ1n) is 4.32. The Morgan fingerprint density at radius 3 is 2.14 bits per heavy atom. The molecule has 0 N–H and O–H groups in total. The predicted octanol–water partition coefficient (Wildman–Crippen LogP) is 1.25. The first-order valence-corrected chi connectivity index (χ1v) is 4.77. The van der Waals surface area contributed by atoms with Crippen LogP contribution in [0.3, 0.4) is 0 Å². The molecule has 14 heavy (non-hydrogen) atoms. The number of ketones is 1. The summed E-state index contributed by atoms with van der Waals surface area (Å²) >= 11 is 4.32. The highest BCUT2D eigenvalue weighted by Gasteiger charge is 2.36. The van der Waals surface area contributed by atoms with Crippen LogP contribution in [0.4, 0.5) is 0 Å². The summed E-state index contributed by atoms with van der Waals surface area (Å²) in [5.74, 6) is 0.0893. The van der Waals surface area contributed by atoms with E-state index in [9.17, 15) is 4.79 Å². The lowest BCUT2D eigenvalue weighted by molar-refractivity contribution is -0.189. The first-order chi connectivity index (χ1) is 6.50. The van der Waals surface area contributed by atoms with Crippen LogP contribution in [0.15, 0.2) is 0 Å². The van der Waals surface area contributed by atoms with Gasteiger partial charge in [-0.05, 0) is 13.3 Å². The maximum Gasteiger partial charge on any atom is 0.195 e. The van der Waals surface area contributed by atoms with Gasteiger partial charge in [-0.1, -0.05) is 0 Å². The second-order valence-electron chi connectivity index (χ2n) is 3.05. The minimum absolute atomic E-state index is 0.0893. The molecule has 0 amide bonds. The van der Waals surface area contributed by atoms with Crippen LogP contribution in [-0.2, 0) is 19.0 Å². The highest BCUT2D eigenvalue weighted by molar-refractivity contribution is 7.81. The number of methoxy groups -OCH3 is 3. The minimum atomic E-state index is -0.880. The maximum atomic E-state index is 10.8. The van der Waals surface area contributed by atoms with Crippen LogP contribution in [0.1, 0.15) is 19.8 Å². The number of carbonyl (C=O) groups is 1. The van der Waals surface area contributed by atoms with Gasteiger partial charge in [-0.2, -0.15) is 0 Å². The van der Waals surface area contributed by atoms with Crippen molar-refractivity contribution in [3.8, 4) is 0 Å². The normalized spacial score (nSPS) is 15.6. The second kappa shape index (κ2) is 6.40. The number of hydrogen-bond donors (Lipinski definition) is 1. The third kappa shape index (κ3) is 3.96. The number of hydrogen-bond acceptors (Lipinski definition) is 5. The van der Waals surface area contributed by atoms with Crippen LogP contribution in [0.2, 0.25) is 0 Å². The molecule has 84 valence electrons. The van der Waals surface area contributed by atoms with E-state index in [0.29, 0.717) is 12.8 Å². The fourth-order valence-electron chi connectivity index (χ4n) is 1.14. The van der Waals surface area contributed by atoms with Crippen LogP contribution < -0.4 is 0 Å². The minimum Gasteiger partial charge on any atom is -0.362 e. The van der Waals surface area contributed by atoms with Gasteiger partial charge in [0.05, 0.1) is 0 Å². The molecule has 1 unspecified atom stereocenters. The summed E-state index contributed by atoms with van der Waals surface area (Å²) in [4.78, 5) is 9.95. The number of ether oxygens (including phenoxy) is 3. The van der Waals surface area contributed by atoms with Crippen molar-refractivity contribution in [2.24, 2.45) is 0 Å². The molecule has 0 bridgehead atoms. The summed E-state index contributed by atoms with van der Waals surface area (Å²) in [6.07, 6.45) is 0.254. The van der Waals surface area contributed by atoms with Crippen molar-refractivity contribution in [2.75, 3.05) is 21.3 Å². The van der Waals surface area contributed by atoms with Crippen molar-refractivity contribution < 1.29 is 19.0 Å². The Morgan fingerprint density at radius 1 is 1.36 bits per heavy atom. The average Bonchev–Trinajstić information content (AvgIpc) is 2.16. The molecule has 0 aromatic carbocycles. The van der Waals surface area contributed by atoms with Crippen LogP contribution >= 0.6 is 12.6 Å². The summed E-state index contributed by atoms with van der Waals surface area (Å²) in [5.41, 5.74) is 0. The quantitative estimate of drug-likeness (QED) is 0.520. The van der Waals surface area contributed by atoms with E-state index in [1.807, 2.05) is 0 Å². The third-order valence-corrected chi connectivity index (χ3v) is 2.60. The predicted molar refractivity (Wildman–Crippen MR) is 56.4 cm³/mol. The molecule has 0 rings (SSSR count). The molecule has 4 nitrogen and oxygen atoms in total. The molecule has 0 saturated heterocycles. The number of thiol groups is 1. The molecule has 0 radical (unpaired) electrons. The monoisotopic (exact) mass is 222 g/mol. The summed E-state index contributed by atoms with van der Waals surface area (Å²) in [7, 11) is 4.52. The number of carbonyl (C=O) groups excluding carboxylic acids is 1. The lowest BCUT2D eigenvalue weighted by Crippen LogP contribution is -2.41. The van der Waals surface area contributed by atoms with Crippen LogP contribution in [-0.4, -0.2) is 38.3 Å². The Bertz CT molecular complexity index is 182. The fraction of sp³-hybridized carbons (Fsp3) is 0.889. The largest absolute Gasteiger partial charge is 0.362 e. The molecule has 0 fully saturated rings. The van der Waals surface area contributed by atoms with Gasteiger partial charge in [0, 0.05) is 27.8 Å². The zero-order valence-corrected chi connectivity index (χ0v) is 9.97. The van der Waals surface area contributed by atoms with Crippen molar-refractivity contribution >= 4 is 18.4 Å². The van der Waals surface area contributed by atoms with Crippen LogP contribution in [0.25, 0.3) is 0 Å². The van der Waals surface area contributed by atoms with Gasteiger partial charge in [0.1, 0.15) is 5.78 Å². The Morgan fingerprint density at radius 2 is 1.86 bits per heavy atom. The van der Waals surface area contributed by atoms with Crippen molar-refractivity contribution in [3.63, 3.8) is 0 Å². The highest BCUT2D eigenvalue weighted by atomic mass is 32.1. The topological polar surface area (TPSA) is 44.8 Å². The molecular formula is C9H18O4S. The Kier molecular flexibility index (Phi) is 6.35. The van der Waals surface area contributed by atoms with Crippen LogP contribution in [0, 0.1) is 0 Å². The van der Waals surface area contributed by atoms with Gasteiger partial charge in [-0.25, -0.2) is 0 Å². The molecule has 0 aromatic heterocycles. The molecule has 0 aliphatic rings. The summed E-state index contributed by atoms with van der Waals surface area (Å²) < 4.78 is 15.3. The first kappa shape index (κ1) is 13.9. The van der Waals surface area contributed by atoms with Gasteiger partial charge in [0.15, 0.2) is 11.2 Å². The van der Waals surface area contributed by atoms with Crippen molar-refractivity contribution in [1.82, 2.24) is 0 Å². The van der Waals surface area contributed by atoms with E-state index < -0.39 is 11.2 Å². The van der Waals surface area contributed by atoms with E-state index in [2.05, 4.69) is 12.6 Å². The smallest absolute Gasteiger partial charge is 0.195 e. The summed E-state index contributed by atoms with van der Waals surface area (Å²) in [6.45, 7) is 1.53. The number of rotatable bonds is 7. The van der Waals surface area contributed by atoms with E-state index in [-0.39, 0.29) is 5.78 Å². The lowest BCUT2D eigenvalue weighted by atomic mass is 10.1. The fourth-order valence-corrected chi connectivity index (χ4v) is 1.46. The number of Topliss-reactive ketones (excluding diaryl/α,β-unsaturated/α-hetero) is 1. The zero-order valence-electron chi connectivity index (χ0n) is 9.07. The standard InChI is InChI=1S/C9H18O4S/c1-7(10)5-6-9(14,13-4)8(11-2)12-3/h8,14H,5-6H2,1-4H3. The van der Waals surface area contributed by atoms with Crippen molar-refractivity contribution in [3.05, 3.63) is 0 Å². The van der Waals surface area contributed by atoms with Crippen molar-refractivity contribution in [2.45, 2.75) is 31.0 Å². The lowest BCUT2D eigenvalue weighted by Gasteiger charge is -2.32. The molecule has 0 saturated carbocycles. The maximum absolute atomic E-state index is 10.8.